The quantitative estimate of drug-likeness (QED) is 0.400. The molecular formula is C31H39N3O4S. The Labute approximate surface area is 232 Å². The highest BCUT2D eigenvalue weighted by Crippen LogP contribution is 2.25. The number of rotatable bonds is 10. The molecule has 1 atom stereocenters. The second kappa shape index (κ2) is 12.5. The molecule has 0 aromatic heterocycles. The summed E-state index contributed by atoms with van der Waals surface area (Å²) >= 11 is 0. The van der Waals surface area contributed by atoms with Gasteiger partial charge in [-0.1, -0.05) is 72.8 Å². The van der Waals surface area contributed by atoms with Crippen molar-refractivity contribution in [3.63, 3.8) is 0 Å². The minimum absolute atomic E-state index is 0.152. The van der Waals surface area contributed by atoms with Gasteiger partial charge in [-0.15, -0.1) is 0 Å². The predicted octanol–water partition coefficient (Wildman–Crippen LogP) is 4.62. The third-order valence-corrected chi connectivity index (χ3v) is 7.40. The van der Waals surface area contributed by atoms with Gasteiger partial charge in [-0.05, 0) is 62.9 Å². The van der Waals surface area contributed by atoms with Crippen LogP contribution in [0.25, 0.3) is 0 Å². The number of hydrogen-bond donors (Lipinski definition) is 1. The van der Waals surface area contributed by atoms with E-state index in [2.05, 4.69) is 5.32 Å². The first-order valence-corrected chi connectivity index (χ1v) is 14.8. The van der Waals surface area contributed by atoms with Crippen LogP contribution in [0.4, 0.5) is 5.69 Å². The van der Waals surface area contributed by atoms with Crippen molar-refractivity contribution in [2.24, 2.45) is 0 Å². The summed E-state index contributed by atoms with van der Waals surface area (Å²) in [5.74, 6) is -0.761. The zero-order chi connectivity index (χ0) is 28.8. The molecule has 1 N–H and O–H groups in total. The zero-order valence-electron chi connectivity index (χ0n) is 23.6. The van der Waals surface area contributed by atoms with E-state index in [0.29, 0.717) is 5.69 Å². The molecule has 0 saturated heterocycles. The van der Waals surface area contributed by atoms with E-state index >= 15 is 0 Å². The molecule has 3 rings (SSSR count). The van der Waals surface area contributed by atoms with Gasteiger partial charge in [0.15, 0.2) is 0 Å². The number of benzene rings is 3. The van der Waals surface area contributed by atoms with Gasteiger partial charge in [-0.25, -0.2) is 8.42 Å². The van der Waals surface area contributed by atoms with E-state index in [4.69, 9.17) is 0 Å². The molecule has 0 fully saturated rings. The van der Waals surface area contributed by atoms with Gasteiger partial charge in [0.1, 0.15) is 12.6 Å². The monoisotopic (exact) mass is 549 g/mol. The molecule has 0 heterocycles. The lowest BCUT2D eigenvalue weighted by Gasteiger charge is -2.35. The highest BCUT2D eigenvalue weighted by Gasteiger charge is 2.34. The number of carbonyl (C=O) groups is 2. The Morgan fingerprint density at radius 2 is 1.44 bits per heavy atom. The molecule has 0 bridgehead atoms. The van der Waals surface area contributed by atoms with Crippen LogP contribution in [0.3, 0.4) is 0 Å². The van der Waals surface area contributed by atoms with Crippen LogP contribution in [-0.4, -0.2) is 49.5 Å². The molecule has 39 heavy (non-hydrogen) atoms. The van der Waals surface area contributed by atoms with Crippen LogP contribution < -0.4 is 9.62 Å². The molecule has 0 aliphatic rings. The molecule has 0 radical (unpaired) electrons. The number of carbonyl (C=O) groups excluding carboxylic acids is 2. The molecule has 0 spiro atoms. The maximum atomic E-state index is 14.1. The number of aryl methyl sites for hydroxylation is 2. The molecule has 2 amide bonds. The minimum atomic E-state index is -3.81. The fourth-order valence-electron chi connectivity index (χ4n) is 4.37. The van der Waals surface area contributed by atoms with Crippen LogP contribution in [-0.2, 0) is 32.6 Å². The van der Waals surface area contributed by atoms with E-state index in [1.165, 1.54) is 4.90 Å². The first-order chi connectivity index (χ1) is 18.2. The summed E-state index contributed by atoms with van der Waals surface area (Å²) < 4.78 is 27.1. The van der Waals surface area contributed by atoms with Gasteiger partial charge in [0.05, 0.1) is 11.9 Å². The molecule has 0 aliphatic carbocycles. The fourth-order valence-corrected chi connectivity index (χ4v) is 5.27. The molecule has 0 unspecified atom stereocenters. The largest absolute Gasteiger partial charge is 0.350 e. The van der Waals surface area contributed by atoms with E-state index in [1.807, 2.05) is 107 Å². The Balaban J connectivity index is 2.08. The summed E-state index contributed by atoms with van der Waals surface area (Å²) in [6.45, 7) is 9.08. The van der Waals surface area contributed by atoms with Gasteiger partial charge in [0.25, 0.3) is 0 Å². The van der Waals surface area contributed by atoms with E-state index in [9.17, 15) is 18.0 Å². The summed E-state index contributed by atoms with van der Waals surface area (Å²) in [4.78, 5) is 29.3. The molecule has 8 heteroatoms. The van der Waals surface area contributed by atoms with Gasteiger partial charge in [-0.2, -0.15) is 0 Å². The van der Waals surface area contributed by atoms with Gasteiger partial charge in [0, 0.05) is 18.5 Å². The van der Waals surface area contributed by atoms with Gasteiger partial charge >= 0.3 is 0 Å². The minimum Gasteiger partial charge on any atom is -0.350 e. The number of amides is 2. The third kappa shape index (κ3) is 8.68. The maximum Gasteiger partial charge on any atom is 0.244 e. The maximum absolute atomic E-state index is 14.1. The van der Waals surface area contributed by atoms with E-state index in [1.54, 1.807) is 6.07 Å². The molecule has 0 saturated carbocycles. The Hall–Kier alpha value is -3.65. The van der Waals surface area contributed by atoms with Crippen molar-refractivity contribution in [2.75, 3.05) is 17.1 Å². The van der Waals surface area contributed by atoms with Crippen molar-refractivity contribution >= 4 is 27.5 Å². The fraction of sp³-hybridized carbons (Fsp3) is 0.355. The Morgan fingerprint density at radius 3 is 1.97 bits per heavy atom. The normalized spacial score (nSPS) is 12.5. The van der Waals surface area contributed by atoms with Crippen LogP contribution >= 0.6 is 0 Å². The van der Waals surface area contributed by atoms with Gasteiger partial charge in [0.2, 0.25) is 21.8 Å². The van der Waals surface area contributed by atoms with Crippen LogP contribution in [0.5, 0.6) is 0 Å². The van der Waals surface area contributed by atoms with Crippen molar-refractivity contribution in [3.05, 3.63) is 101 Å². The lowest BCUT2D eigenvalue weighted by Crippen LogP contribution is -2.56. The first-order valence-electron chi connectivity index (χ1n) is 13.0. The SMILES string of the molecule is Cc1ccc(C)c(N(CC(=O)N(Cc2ccccc2)[C@@H](Cc2ccccc2)C(=O)NC(C)(C)C)S(C)(=O)=O)c1. The number of hydrogen-bond acceptors (Lipinski definition) is 4. The number of nitrogens with one attached hydrogen (secondary N) is 1. The number of nitrogens with zero attached hydrogens (tertiary/aromatic N) is 2. The summed E-state index contributed by atoms with van der Waals surface area (Å²) in [7, 11) is -3.81. The van der Waals surface area contributed by atoms with Crippen LogP contribution in [0.15, 0.2) is 78.9 Å². The van der Waals surface area contributed by atoms with Crippen molar-refractivity contribution < 1.29 is 18.0 Å². The van der Waals surface area contributed by atoms with Crippen LogP contribution in [0, 0.1) is 13.8 Å². The third-order valence-electron chi connectivity index (χ3n) is 6.28. The van der Waals surface area contributed by atoms with Crippen LogP contribution in [0.2, 0.25) is 0 Å². The summed E-state index contributed by atoms with van der Waals surface area (Å²) in [5.41, 5.74) is 3.27. The first kappa shape index (κ1) is 29.9. The van der Waals surface area contributed by atoms with Gasteiger partial charge < -0.3 is 10.2 Å². The zero-order valence-corrected chi connectivity index (χ0v) is 24.5. The topological polar surface area (TPSA) is 86.8 Å². The molecule has 208 valence electrons. The predicted molar refractivity (Wildman–Crippen MR) is 157 cm³/mol. The average Bonchev–Trinajstić information content (AvgIpc) is 2.85. The molecule has 0 aliphatic heterocycles. The molecule has 3 aromatic rings. The number of sulfonamides is 1. The Kier molecular flexibility index (Phi) is 9.56. The highest BCUT2D eigenvalue weighted by atomic mass is 32.2. The van der Waals surface area contributed by atoms with Crippen LogP contribution in [0.1, 0.15) is 43.0 Å². The van der Waals surface area contributed by atoms with Crippen molar-refractivity contribution in [1.82, 2.24) is 10.2 Å². The van der Waals surface area contributed by atoms with Crippen molar-refractivity contribution in [3.8, 4) is 0 Å². The second-order valence-corrected chi connectivity index (χ2v) is 12.9. The van der Waals surface area contributed by atoms with E-state index in [-0.39, 0.29) is 18.9 Å². The van der Waals surface area contributed by atoms with Crippen molar-refractivity contribution in [2.45, 2.75) is 59.2 Å². The standard InChI is InChI=1S/C31H39N3O4S/c1-23-17-18-24(2)27(19-23)34(39(6,37)38)22-29(35)33(21-26-15-11-8-12-16-26)28(30(36)32-31(3,4)5)20-25-13-9-7-10-14-25/h7-19,28H,20-22H2,1-6H3,(H,32,36)/t28-/m0/s1. The number of anilines is 1. The summed E-state index contributed by atoms with van der Waals surface area (Å²) in [6.07, 6.45) is 1.38. The Morgan fingerprint density at radius 1 is 0.872 bits per heavy atom. The lowest BCUT2D eigenvalue weighted by molar-refractivity contribution is -0.140. The van der Waals surface area contributed by atoms with E-state index in [0.717, 1.165) is 32.8 Å². The van der Waals surface area contributed by atoms with Crippen molar-refractivity contribution in [1.29, 1.82) is 0 Å². The van der Waals surface area contributed by atoms with Gasteiger partial charge in [-0.3, -0.25) is 13.9 Å². The Bertz CT molecular complexity index is 1380. The molecule has 7 nitrogen and oxygen atoms in total. The second-order valence-electron chi connectivity index (χ2n) is 11.0. The molecular weight excluding hydrogens is 510 g/mol. The lowest BCUT2D eigenvalue weighted by atomic mass is 10.0. The average molecular weight is 550 g/mol. The summed E-state index contributed by atoms with van der Waals surface area (Å²) in [6, 6.07) is 23.6. The molecule has 3 aromatic carbocycles. The highest BCUT2D eigenvalue weighted by molar-refractivity contribution is 7.92. The van der Waals surface area contributed by atoms with E-state index < -0.39 is 34.1 Å². The summed E-state index contributed by atoms with van der Waals surface area (Å²) in [5, 5.41) is 3.03. The smallest absolute Gasteiger partial charge is 0.244 e.